The quantitative estimate of drug-likeness (QED) is 0.169. The van der Waals surface area contributed by atoms with E-state index in [0.717, 1.165) is 0 Å². The number of ketones is 1. The fourth-order valence-corrected chi connectivity index (χ4v) is 3.82. The minimum absolute atomic E-state index is 0.178. The van der Waals surface area contributed by atoms with Crippen LogP contribution >= 0.6 is 0 Å². The minimum atomic E-state index is -4.38. The number of carbonyl (C=O) groups excluding carboxylic acids is 3. The van der Waals surface area contributed by atoms with Gasteiger partial charge >= 0.3 is 11.9 Å². The van der Waals surface area contributed by atoms with Gasteiger partial charge in [0, 0.05) is 0 Å². The molecule has 0 radical (unpaired) electrons. The SMILES string of the molecule is CCOC(=O)C(=O)/C(=C\N(S(C)(=O)=O)S(C)(=O)=O)C(=O)OCC. The van der Waals surface area contributed by atoms with Crippen LogP contribution in [-0.4, -0.2) is 64.0 Å². The molecule has 0 heterocycles. The molecule has 0 saturated heterocycles. The lowest BCUT2D eigenvalue weighted by atomic mass is 10.2. The smallest absolute Gasteiger partial charge is 0.380 e. The van der Waals surface area contributed by atoms with Crippen molar-refractivity contribution in [1.29, 1.82) is 0 Å². The molecule has 0 bridgehead atoms. The van der Waals surface area contributed by atoms with E-state index in [1.807, 2.05) is 0 Å². The Balaban J connectivity index is 6.17. The average Bonchev–Trinajstić information content (AvgIpc) is 2.36. The highest BCUT2D eigenvalue weighted by molar-refractivity contribution is 8.03. The van der Waals surface area contributed by atoms with E-state index in [1.165, 1.54) is 13.8 Å². The summed E-state index contributed by atoms with van der Waals surface area (Å²) in [5.74, 6) is -4.33. The van der Waals surface area contributed by atoms with Crippen molar-refractivity contribution in [2.45, 2.75) is 13.8 Å². The maximum Gasteiger partial charge on any atom is 0.380 e. The number of rotatable bonds is 8. The van der Waals surface area contributed by atoms with Gasteiger partial charge in [0.05, 0.1) is 31.9 Å². The molecule has 0 aliphatic carbocycles. The molecular formula is C11H17NO9S2. The molecule has 0 aromatic carbocycles. The van der Waals surface area contributed by atoms with Gasteiger partial charge in [-0.15, -0.1) is 0 Å². The number of hydrogen-bond donors (Lipinski definition) is 0. The van der Waals surface area contributed by atoms with E-state index < -0.39 is 43.3 Å². The lowest BCUT2D eigenvalue weighted by molar-refractivity contribution is -0.154. The summed E-state index contributed by atoms with van der Waals surface area (Å²) in [7, 11) is -8.76. The summed E-state index contributed by atoms with van der Waals surface area (Å²) in [6.07, 6.45) is 1.31. The number of nitrogens with zero attached hydrogens (tertiary/aromatic N) is 1. The predicted octanol–water partition coefficient (Wildman–Crippen LogP) is -1.21. The molecule has 0 amide bonds. The normalized spacial score (nSPS) is 12.4. The highest BCUT2D eigenvalue weighted by Crippen LogP contribution is 2.12. The summed E-state index contributed by atoms with van der Waals surface area (Å²) >= 11 is 0. The van der Waals surface area contributed by atoms with Crippen molar-refractivity contribution in [2.75, 3.05) is 25.7 Å². The molecule has 0 aromatic rings. The Morgan fingerprint density at radius 1 is 0.870 bits per heavy atom. The first kappa shape index (κ1) is 21.0. The van der Waals surface area contributed by atoms with Crippen LogP contribution in [0.1, 0.15) is 13.8 Å². The van der Waals surface area contributed by atoms with E-state index >= 15 is 0 Å². The second kappa shape index (κ2) is 8.06. The molecule has 0 fully saturated rings. The minimum Gasteiger partial charge on any atom is -0.462 e. The Hall–Kier alpha value is -1.95. The number of sulfonamides is 2. The van der Waals surface area contributed by atoms with Crippen LogP contribution in [0, 0.1) is 0 Å². The van der Waals surface area contributed by atoms with E-state index in [1.54, 1.807) is 0 Å². The predicted molar refractivity (Wildman–Crippen MR) is 77.9 cm³/mol. The van der Waals surface area contributed by atoms with E-state index in [4.69, 9.17) is 0 Å². The number of carbonyl (C=O) groups is 3. The zero-order valence-electron chi connectivity index (χ0n) is 12.9. The largest absolute Gasteiger partial charge is 0.462 e. The average molecular weight is 371 g/mol. The molecule has 0 unspecified atom stereocenters. The molecule has 12 heteroatoms. The Morgan fingerprint density at radius 3 is 1.61 bits per heavy atom. The third kappa shape index (κ3) is 6.36. The van der Waals surface area contributed by atoms with Gasteiger partial charge in [0.15, 0.2) is 0 Å². The van der Waals surface area contributed by atoms with E-state index in [2.05, 4.69) is 9.47 Å². The molecule has 0 N–H and O–H groups in total. The Bertz CT molecular complexity index is 687. The Morgan fingerprint density at radius 2 is 1.26 bits per heavy atom. The van der Waals surface area contributed by atoms with Crippen molar-refractivity contribution in [3.05, 3.63) is 11.8 Å². The van der Waals surface area contributed by atoms with Crippen molar-refractivity contribution >= 4 is 37.8 Å². The van der Waals surface area contributed by atoms with Gasteiger partial charge in [-0.25, -0.2) is 26.4 Å². The Labute approximate surface area is 134 Å². The zero-order chi connectivity index (χ0) is 18.4. The molecule has 0 aliphatic heterocycles. The van der Waals surface area contributed by atoms with Gasteiger partial charge in [-0.1, -0.05) is 0 Å². The first-order chi connectivity index (χ1) is 10.4. The van der Waals surface area contributed by atoms with Gasteiger partial charge in [0.2, 0.25) is 20.0 Å². The topological polar surface area (TPSA) is 141 Å². The van der Waals surface area contributed by atoms with Crippen LogP contribution in [0.25, 0.3) is 0 Å². The first-order valence-corrected chi connectivity index (χ1v) is 9.85. The lowest BCUT2D eigenvalue weighted by Gasteiger charge is -2.16. The van der Waals surface area contributed by atoms with Crippen molar-refractivity contribution in [1.82, 2.24) is 3.71 Å². The zero-order valence-corrected chi connectivity index (χ0v) is 14.6. The molecule has 10 nitrogen and oxygen atoms in total. The highest BCUT2D eigenvalue weighted by atomic mass is 32.3. The standard InChI is InChI=1S/C11H17NO9S2/c1-5-20-10(14)8(9(13)11(15)21-6-2)7-12(22(3,16)17)23(4,18)19/h7H,5-6H2,1-4H3/b8-7+. The fraction of sp³-hybridized carbons (Fsp3) is 0.545. The highest BCUT2D eigenvalue weighted by Gasteiger charge is 2.32. The van der Waals surface area contributed by atoms with Gasteiger partial charge < -0.3 is 9.47 Å². The van der Waals surface area contributed by atoms with Crippen LogP contribution in [0.4, 0.5) is 0 Å². The number of esters is 2. The van der Waals surface area contributed by atoms with E-state index in [9.17, 15) is 31.2 Å². The van der Waals surface area contributed by atoms with E-state index in [-0.39, 0.29) is 23.1 Å². The van der Waals surface area contributed by atoms with Crippen molar-refractivity contribution in [3.63, 3.8) is 0 Å². The first-order valence-electron chi connectivity index (χ1n) is 6.16. The molecule has 0 saturated carbocycles. The van der Waals surface area contributed by atoms with Crippen molar-refractivity contribution in [2.24, 2.45) is 0 Å². The molecule has 0 rings (SSSR count). The second-order valence-corrected chi connectivity index (χ2v) is 8.01. The fourth-order valence-electron chi connectivity index (χ4n) is 1.26. The monoisotopic (exact) mass is 371 g/mol. The second-order valence-electron chi connectivity index (χ2n) is 4.06. The van der Waals surface area contributed by atoms with Gasteiger partial charge in [0.25, 0.3) is 5.78 Å². The van der Waals surface area contributed by atoms with Gasteiger partial charge in [-0.2, -0.15) is 3.71 Å². The van der Waals surface area contributed by atoms with Crippen LogP contribution in [0.3, 0.4) is 0 Å². The number of Topliss-reactive ketones (excluding diaryl/α,β-unsaturated/α-hetero) is 1. The van der Waals surface area contributed by atoms with Gasteiger partial charge in [0.1, 0.15) is 5.57 Å². The molecule has 23 heavy (non-hydrogen) atoms. The summed E-state index contributed by atoms with van der Waals surface area (Å²) in [5.41, 5.74) is -1.08. The van der Waals surface area contributed by atoms with E-state index in [0.29, 0.717) is 12.5 Å². The van der Waals surface area contributed by atoms with Crippen LogP contribution in [0.2, 0.25) is 0 Å². The lowest BCUT2D eigenvalue weighted by Crippen LogP contribution is -2.34. The molecule has 0 aliphatic rings. The van der Waals surface area contributed by atoms with Crippen LogP contribution < -0.4 is 0 Å². The molecule has 0 atom stereocenters. The molecule has 132 valence electrons. The summed E-state index contributed by atoms with van der Waals surface area (Å²) in [6.45, 7) is 2.43. The number of hydrogen-bond acceptors (Lipinski definition) is 9. The maximum atomic E-state index is 11.9. The van der Waals surface area contributed by atoms with Crippen LogP contribution in [-0.2, 0) is 43.9 Å². The van der Waals surface area contributed by atoms with Gasteiger partial charge in [-0.3, -0.25) is 4.79 Å². The summed E-state index contributed by atoms with van der Waals surface area (Å²) < 4.78 is 54.9. The summed E-state index contributed by atoms with van der Waals surface area (Å²) in [6, 6.07) is 0. The molecule has 0 spiro atoms. The molecular weight excluding hydrogens is 354 g/mol. The third-order valence-corrected chi connectivity index (χ3v) is 5.23. The van der Waals surface area contributed by atoms with Crippen molar-refractivity contribution < 1.29 is 40.7 Å². The Kier molecular flexibility index (Phi) is 7.37. The number of ether oxygens (including phenoxy) is 2. The maximum absolute atomic E-state index is 11.9. The van der Waals surface area contributed by atoms with Crippen LogP contribution in [0.5, 0.6) is 0 Å². The van der Waals surface area contributed by atoms with Crippen molar-refractivity contribution in [3.8, 4) is 0 Å². The van der Waals surface area contributed by atoms with Crippen LogP contribution in [0.15, 0.2) is 11.8 Å². The third-order valence-electron chi connectivity index (χ3n) is 2.09. The summed E-state index contributed by atoms with van der Waals surface area (Å²) in [4.78, 5) is 35.1. The molecule has 0 aromatic heterocycles. The summed E-state index contributed by atoms with van der Waals surface area (Å²) in [5, 5.41) is 0. The van der Waals surface area contributed by atoms with Gasteiger partial charge in [-0.05, 0) is 13.8 Å².